The molecular weight excluding hydrogens is 297 g/mol. The van der Waals surface area contributed by atoms with E-state index in [1.54, 1.807) is 6.07 Å². The summed E-state index contributed by atoms with van der Waals surface area (Å²) in [5.41, 5.74) is 0.990. The van der Waals surface area contributed by atoms with Gasteiger partial charge in [0.1, 0.15) is 5.82 Å². The third-order valence-corrected chi connectivity index (χ3v) is 5.21. The molecule has 98 valence electrons. The zero-order chi connectivity index (χ0) is 12.7. The summed E-state index contributed by atoms with van der Waals surface area (Å²) in [6, 6.07) is 5.18. The second-order valence-corrected chi connectivity index (χ2v) is 6.27. The van der Waals surface area contributed by atoms with E-state index in [9.17, 15) is 9.50 Å². The first kappa shape index (κ1) is 12.6. The fourth-order valence-corrected chi connectivity index (χ4v) is 3.76. The number of hydrogen-bond acceptors (Lipinski definition) is 2. The molecule has 1 heterocycles. The van der Waals surface area contributed by atoms with Crippen LogP contribution in [0.2, 0.25) is 0 Å². The zero-order valence-corrected chi connectivity index (χ0v) is 11.7. The van der Waals surface area contributed by atoms with Gasteiger partial charge in [-0.25, -0.2) is 4.39 Å². The molecule has 0 aromatic heterocycles. The van der Waals surface area contributed by atoms with Crippen LogP contribution < -0.4 is 0 Å². The first-order valence-corrected chi connectivity index (χ1v) is 7.28. The van der Waals surface area contributed by atoms with Gasteiger partial charge in [0.25, 0.3) is 0 Å². The van der Waals surface area contributed by atoms with Crippen molar-refractivity contribution in [2.24, 2.45) is 11.8 Å². The number of hydrogen-bond donors (Lipinski definition) is 1. The number of nitrogens with zero attached hydrogens (tertiary/aromatic N) is 1. The van der Waals surface area contributed by atoms with E-state index in [4.69, 9.17) is 0 Å². The van der Waals surface area contributed by atoms with E-state index >= 15 is 0 Å². The molecule has 18 heavy (non-hydrogen) atoms. The smallest absolute Gasteiger partial charge is 0.137 e. The van der Waals surface area contributed by atoms with E-state index in [2.05, 4.69) is 20.8 Å². The monoisotopic (exact) mass is 313 g/mol. The van der Waals surface area contributed by atoms with E-state index in [-0.39, 0.29) is 11.9 Å². The molecule has 1 aromatic rings. The second-order valence-electron chi connectivity index (χ2n) is 5.48. The van der Waals surface area contributed by atoms with Gasteiger partial charge in [0.2, 0.25) is 0 Å². The lowest BCUT2D eigenvalue weighted by molar-refractivity contribution is 0.123. The molecule has 1 saturated heterocycles. The van der Waals surface area contributed by atoms with Crippen LogP contribution >= 0.6 is 15.9 Å². The Labute approximate surface area is 115 Å². The number of aliphatic hydroxyl groups excluding tert-OH is 1. The molecule has 2 fully saturated rings. The van der Waals surface area contributed by atoms with Crippen LogP contribution in [0.1, 0.15) is 18.4 Å². The minimum absolute atomic E-state index is 0.129. The van der Waals surface area contributed by atoms with Crippen molar-refractivity contribution < 1.29 is 9.50 Å². The summed E-state index contributed by atoms with van der Waals surface area (Å²) in [7, 11) is 0. The molecule has 2 nitrogen and oxygen atoms in total. The molecule has 1 saturated carbocycles. The molecular formula is C14H17BrFNO. The molecule has 0 amide bonds. The normalized spacial score (nSPS) is 31.8. The number of benzene rings is 1. The van der Waals surface area contributed by atoms with Crippen LogP contribution in [-0.2, 0) is 6.54 Å². The largest absolute Gasteiger partial charge is 0.393 e. The summed E-state index contributed by atoms with van der Waals surface area (Å²) in [6.45, 7) is 2.73. The lowest BCUT2D eigenvalue weighted by Gasteiger charge is -2.18. The summed E-state index contributed by atoms with van der Waals surface area (Å²) in [6.07, 6.45) is 1.95. The summed E-state index contributed by atoms with van der Waals surface area (Å²) >= 11 is 3.31. The highest BCUT2D eigenvalue weighted by molar-refractivity contribution is 9.10. The lowest BCUT2D eigenvalue weighted by Crippen LogP contribution is -2.24. The van der Waals surface area contributed by atoms with Gasteiger partial charge in [-0.05, 0) is 46.3 Å². The maximum atomic E-state index is 13.4. The van der Waals surface area contributed by atoms with Crippen LogP contribution in [-0.4, -0.2) is 29.2 Å². The van der Waals surface area contributed by atoms with Crippen molar-refractivity contribution in [2.45, 2.75) is 25.5 Å². The standard InChI is InChI=1S/C14H17BrFNO/c15-14-10(2-1-3-12(14)16)7-17-6-9-4-5-13(18)11(9)8-17/h1-3,9,11,13,18H,4-8H2. The minimum Gasteiger partial charge on any atom is -0.393 e. The first-order chi connectivity index (χ1) is 8.65. The van der Waals surface area contributed by atoms with E-state index in [1.807, 2.05) is 6.07 Å². The topological polar surface area (TPSA) is 23.5 Å². The van der Waals surface area contributed by atoms with Crippen molar-refractivity contribution in [3.05, 3.63) is 34.1 Å². The van der Waals surface area contributed by atoms with Gasteiger partial charge in [-0.1, -0.05) is 12.1 Å². The second kappa shape index (κ2) is 4.91. The summed E-state index contributed by atoms with van der Waals surface area (Å²) in [5, 5.41) is 9.89. The summed E-state index contributed by atoms with van der Waals surface area (Å²) < 4.78 is 14.0. The van der Waals surface area contributed by atoms with Gasteiger partial charge < -0.3 is 5.11 Å². The van der Waals surface area contributed by atoms with Crippen LogP contribution in [0.5, 0.6) is 0 Å². The van der Waals surface area contributed by atoms with Crippen LogP contribution in [0.3, 0.4) is 0 Å². The number of halogens is 2. The average Bonchev–Trinajstić information content (AvgIpc) is 2.88. The van der Waals surface area contributed by atoms with Gasteiger partial charge in [-0.15, -0.1) is 0 Å². The lowest BCUT2D eigenvalue weighted by atomic mass is 10.00. The molecule has 0 radical (unpaired) electrons. The van der Waals surface area contributed by atoms with E-state index in [0.717, 1.165) is 38.0 Å². The zero-order valence-electron chi connectivity index (χ0n) is 10.1. The highest BCUT2D eigenvalue weighted by atomic mass is 79.9. The molecule has 3 unspecified atom stereocenters. The third-order valence-electron chi connectivity index (χ3n) is 4.32. The third kappa shape index (κ3) is 2.22. The molecule has 1 aromatic carbocycles. The predicted octanol–water partition coefficient (Wildman–Crippen LogP) is 2.79. The average molecular weight is 314 g/mol. The van der Waals surface area contributed by atoms with Gasteiger partial charge in [-0.2, -0.15) is 0 Å². The van der Waals surface area contributed by atoms with E-state index in [1.165, 1.54) is 6.07 Å². The molecule has 4 heteroatoms. The van der Waals surface area contributed by atoms with Crippen molar-refractivity contribution in [3.63, 3.8) is 0 Å². The van der Waals surface area contributed by atoms with Gasteiger partial charge in [0.05, 0.1) is 10.6 Å². The highest BCUT2D eigenvalue weighted by Gasteiger charge is 2.41. The quantitative estimate of drug-likeness (QED) is 0.907. The molecule has 0 spiro atoms. The number of likely N-dealkylation sites (tertiary alicyclic amines) is 1. The SMILES string of the molecule is OC1CCC2CN(Cc3cccc(F)c3Br)CC12. The van der Waals surface area contributed by atoms with Crippen molar-refractivity contribution >= 4 is 15.9 Å². The summed E-state index contributed by atoms with van der Waals surface area (Å²) in [5.74, 6) is 0.858. The highest BCUT2D eigenvalue weighted by Crippen LogP contribution is 2.38. The fraction of sp³-hybridized carbons (Fsp3) is 0.571. The molecule has 2 aliphatic rings. The Morgan fingerprint density at radius 2 is 2.17 bits per heavy atom. The van der Waals surface area contributed by atoms with Crippen molar-refractivity contribution in [1.82, 2.24) is 4.90 Å². The predicted molar refractivity (Wildman–Crippen MR) is 71.6 cm³/mol. The summed E-state index contributed by atoms with van der Waals surface area (Å²) in [4.78, 5) is 2.33. The van der Waals surface area contributed by atoms with Gasteiger partial charge in [0.15, 0.2) is 0 Å². The van der Waals surface area contributed by atoms with Crippen molar-refractivity contribution in [3.8, 4) is 0 Å². The number of fused-ring (bicyclic) bond motifs is 1. The minimum atomic E-state index is -0.202. The van der Waals surface area contributed by atoms with Crippen LogP contribution in [0.25, 0.3) is 0 Å². The molecule has 1 aliphatic heterocycles. The Morgan fingerprint density at radius 3 is 2.94 bits per heavy atom. The molecule has 0 bridgehead atoms. The van der Waals surface area contributed by atoms with Gasteiger partial charge in [-0.3, -0.25) is 4.90 Å². The Hall–Kier alpha value is -0.450. The first-order valence-electron chi connectivity index (χ1n) is 6.48. The number of aliphatic hydroxyl groups is 1. The maximum absolute atomic E-state index is 13.4. The maximum Gasteiger partial charge on any atom is 0.137 e. The molecule has 1 N–H and O–H groups in total. The number of rotatable bonds is 2. The Morgan fingerprint density at radius 1 is 1.33 bits per heavy atom. The fourth-order valence-electron chi connectivity index (χ4n) is 3.37. The van der Waals surface area contributed by atoms with Crippen LogP contribution in [0, 0.1) is 17.7 Å². The van der Waals surface area contributed by atoms with Crippen molar-refractivity contribution in [1.29, 1.82) is 0 Å². The molecule has 3 atom stereocenters. The van der Waals surface area contributed by atoms with Crippen LogP contribution in [0.15, 0.2) is 22.7 Å². The van der Waals surface area contributed by atoms with Gasteiger partial charge in [0, 0.05) is 25.6 Å². The van der Waals surface area contributed by atoms with Crippen LogP contribution in [0.4, 0.5) is 4.39 Å². The van der Waals surface area contributed by atoms with E-state index in [0.29, 0.717) is 16.3 Å². The van der Waals surface area contributed by atoms with E-state index < -0.39 is 0 Å². The van der Waals surface area contributed by atoms with Gasteiger partial charge >= 0.3 is 0 Å². The Bertz CT molecular complexity index is 453. The molecule has 3 rings (SSSR count). The Balaban J connectivity index is 1.70. The molecule has 1 aliphatic carbocycles. The van der Waals surface area contributed by atoms with Crippen molar-refractivity contribution in [2.75, 3.05) is 13.1 Å². The Kier molecular flexibility index (Phi) is 3.43.